The average molecular weight is 332 g/mol. The zero-order chi connectivity index (χ0) is 17.1. The Labute approximate surface area is 139 Å². The van der Waals surface area contributed by atoms with E-state index in [1.54, 1.807) is 13.0 Å². The number of benzene rings is 1. The van der Waals surface area contributed by atoms with Crippen LogP contribution in [-0.2, 0) is 15.9 Å². The number of carbonyl (C=O) groups excluding carboxylic acids is 1. The standard InChI is InChI=1S/C18H20O6/c1-3-5-11-6-7-14(23-10-12-9-22-12)16-13(19)8-15(24-17(11)16)18(20)21-4-2/h6-8,12H,3-5,9-10H2,1-2H3. The Morgan fingerprint density at radius 1 is 1.33 bits per heavy atom. The second-order valence-corrected chi connectivity index (χ2v) is 5.64. The molecule has 1 atom stereocenters. The van der Waals surface area contributed by atoms with Crippen LogP contribution in [0.4, 0.5) is 0 Å². The molecular formula is C18H20O6. The summed E-state index contributed by atoms with van der Waals surface area (Å²) in [5, 5.41) is 0.356. The molecule has 3 rings (SSSR count). The fourth-order valence-electron chi connectivity index (χ4n) is 2.52. The molecule has 6 heteroatoms. The molecule has 1 fully saturated rings. The Bertz CT molecular complexity index is 803. The molecule has 1 aliphatic rings. The monoisotopic (exact) mass is 332 g/mol. The van der Waals surface area contributed by atoms with Gasteiger partial charge in [-0.05, 0) is 25.0 Å². The maximum atomic E-state index is 12.6. The minimum Gasteiger partial charge on any atom is -0.490 e. The van der Waals surface area contributed by atoms with Gasteiger partial charge in [-0.2, -0.15) is 0 Å². The molecule has 1 aromatic heterocycles. The van der Waals surface area contributed by atoms with E-state index in [0.29, 0.717) is 29.9 Å². The number of fused-ring (bicyclic) bond motifs is 1. The number of epoxide rings is 1. The van der Waals surface area contributed by atoms with Crippen molar-refractivity contribution < 1.29 is 23.4 Å². The Hall–Kier alpha value is -2.34. The van der Waals surface area contributed by atoms with Gasteiger partial charge in [0.05, 0.1) is 13.2 Å². The normalized spacial score (nSPS) is 16.2. The minimum absolute atomic E-state index is 0.0845. The second-order valence-electron chi connectivity index (χ2n) is 5.64. The molecule has 128 valence electrons. The summed E-state index contributed by atoms with van der Waals surface area (Å²) in [7, 11) is 0. The second kappa shape index (κ2) is 7.05. The van der Waals surface area contributed by atoms with Gasteiger partial charge in [0.25, 0.3) is 0 Å². The smallest absolute Gasteiger partial charge is 0.374 e. The van der Waals surface area contributed by atoms with E-state index in [4.69, 9.17) is 18.6 Å². The summed E-state index contributed by atoms with van der Waals surface area (Å²) in [4.78, 5) is 24.5. The average Bonchev–Trinajstić information content (AvgIpc) is 3.38. The summed E-state index contributed by atoms with van der Waals surface area (Å²) in [6.45, 7) is 5.02. The molecule has 0 radical (unpaired) electrons. The van der Waals surface area contributed by atoms with Crippen molar-refractivity contribution in [2.24, 2.45) is 0 Å². The topological polar surface area (TPSA) is 78.3 Å². The number of aryl methyl sites for hydroxylation is 1. The molecule has 0 aliphatic carbocycles. The van der Waals surface area contributed by atoms with E-state index in [0.717, 1.165) is 24.5 Å². The summed E-state index contributed by atoms with van der Waals surface area (Å²) >= 11 is 0. The van der Waals surface area contributed by atoms with Crippen LogP contribution in [0.2, 0.25) is 0 Å². The van der Waals surface area contributed by atoms with E-state index in [2.05, 4.69) is 0 Å². The van der Waals surface area contributed by atoms with Gasteiger partial charge in [-0.1, -0.05) is 19.4 Å². The van der Waals surface area contributed by atoms with Gasteiger partial charge in [0.2, 0.25) is 5.76 Å². The van der Waals surface area contributed by atoms with Gasteiger partial charge in [0.1, 0.15) is 29.4 Å². The largest absolute Gasteiger partial charge is 0.490 e. The predicted molar refractivity (Wildman–Crippen MR) is 87.7 cm³/mol. The van der Waals surface area contributed by atoms with Crippen LogP contribution in [0.1, 0.15) is 36.4 Å². The number of ether oxygens (including phenoxy) is 3. The molecule has 1 aromatic carbocycles. The lowest BCUT2D eigenvalue weighted by molar-refractivity contribution is 0.0490. The molecular weight excluding hydrogens is 312 g/mol. The van der Waals surface area contributed by atoms with Crippen molar-refractivity contribution in [1.29, 1.82) is 0 Å². The molecule has 0 amide bonds. The third-order valence-corrected chi connectivity index (χ3v) is 3.74. The number of hydrogen-bond acceptors (Lipinski definition) is 6. The highest BCUT2D eigenvalue weighted by molar-refractivity contribution is 5.91. The maximum Gasteiger partial charge on any atom is 0.374 e. The zero-order valence-corrected chi connectivity index (χ0v) is 13.8. The van der Waals surface area contributed by atoms with Crippen molar-refractivity contribution in [2.75, 3.05) is 19.8 Å². The molecule has 6 nitrogen and oxygen atoms in total. The van der Waals surface area contributed by atoms with Gasteiger partial charge in [-0.3, -0.25) is 4.79 Å². The highest BCUT2D eigenvalue weighted by Crippen LogP contribution is 2.28. The van der Waals surface area contributed by atoms with Crippen molar-refractivity contribution in [3.05, 3.63) is 39.7 Å². The number of hydrogen-bond donors (Lipinski definition) is 0. The SMILES string of the molecule is CCCc1ccc(OCC2CO2)c2c(=O)cc(C(=O)OCC)oc12. The number of rotatable bonds is 7. The van der Waals surface area contributed by atoms with E-state index in [1.807, 2.05) is 13.0 Å². The molecule has 0 N–H and O–H groups in total. The van der Waals surface area contributed by atoms with Crippen molar-refractivity contribution in [2.45, 2.75) is 32.8 Å². The fourth-order valence-corrected chi connectivity index (χ4v) is 2.52. The number of esters is 1. The molecule has 1 unspecified atom stereocenters. The Kier molecular flexibility index (Phi) is 4.85. The van der Waals surface area contributed by atoms with Crippen LogP contribution in [0, 0.1) is 0 Å². The summed E-state index contributed by atoms with van der Waals surface area (Å²) in [5.74, 6) is -0.282. The third-order valence-electron chi connectivity index (χ3n) is 3.74. The van der Waals surface area contributed by atoms with Gasteiger partial charge in [-0.15, -0.1) is 0 Å². The summed E-state index contributed by atoms with van der Waals surface area (Å²) in [6.07, 6.45) is 1.71. The number of carbonyl (C=O) groups is 1. The lowest BCUT2D eigenvalue weighted by Crippen LogP contribution is -2.13. The molecule has 0 spiro atoms. The van der Waals surface area contributed by atoms with E-state index >= 15 is 0 Å². The van der Waals surface area contributed by atoms with Gasteiger partial charge in [0.15, 0.2) is 5.43 Å². The maximum absolute atomic E-state index is 12.6. The lowest BCUT2D eigenvalue weighted by atomic mass is 10.1. The molecule has 1 aliphatic heterocycles. The van der Waals surface area contributed by atoms with E-state index in [1.165, 1.54) is 0 Å². The van der Waals surface area contributed by atoms with Crippen molar-refractivity contribution >= 4 is 16.9 Å². The third kappa shape index (κ3) is 3.43. The quantitative estimate of drug-likeness (QED) is 0.573. The van der Waals surface area contributed by atoms with Crippen molar-refractivity contribution in [3.8, 4) is 5.75 Å². The molecule has 24 heavy (non-hydrogen) atoms. The van der Waals surface area contributed by atoms with Crippen LogP contribution in [0.3, 0.4) is 0 Å². The van der Waals surface area contributed by atoms with E-state index < -0.39 is 5.97 Å². The lowest BCUT2D eigenvalue weighted by Gasteiger charge is -2.11. The van der Waals surface area contributed by atoms with Gasteiger partial charge >= 0.3 is 5.97 Å². The van der Waals surface area contributed by atoms with Gasteiger partial charge < -0.3 is 18.6 Å². The van der Waals surface area contributed by atoms with Crippen LogP contribution in [-0.4, -0.2) is 31.9 Å². The molecule has 1 saturated heterocycles. The molecule has 2 heterocycles. The van der Waals surface area contributed by atoms with Crippen LogP contribution >= 0.6 is 0 Å². The minimum atomic E-state index is -0.642. The van der Waals surface area contributed by atoms with Crippen molar-refractivity contribution in [3.63, 3.8) is 0 Å². The van der Waals surface area contributed by atoms with Crippen LogP contribution in [0.5, 0.6) is 5.75 Å². The first-order valence-electron chi connectivity index (χ1n) is 8.15. The molecule has 0 saturated carbocycles. The summed E-state index contributed by atoms with van der Waals surface area (Å²) in [5.41, 5.74) is 0.941. The van der Waals surface area contributed by atoms with Crippen LogP contribution in [0.15, 0.2) is 27.4 Å². The summed E-state index contributed by atoms with van der Waals surface area (Å²) < 4.78 is 21.5. The van der Waals surface area contributed by atoms with Crippen molar-refractivity contribution in [1.82, 2.24) is 0 Å². The first-order valence-corrected chi connectivity index (χ1v) is 8.15. The van der Waals surface area contributed by atoms with Gasteiger partial charge in [0, 0.05) is 6.07 Å². The highest BCUT2D eigenvalue weighted by Gasteiger charge is 2.24. The van der Waals surface area contributed by atoms with Crippen LogP contribution < -0.4 is 10.2 Å². The Morgan fingerprint density at radius 2 is 2.12 bits per heavy atom. The van der Waals surface area contributed by atoms with E-state index in [-0.39, 0.29) is 23.9 Å². The Morgan fingerprint density at radius 3 is 2.79 bits per heavy atom. The Balaban J connectivity index is 2.09. The fraction of sp³-hybridized carbons (Fsp3) is 0.444. The highest BCUT2D eigenvalue weighted by atomic mass is 16.6. The molecule has 2 aromatic rings. The summed E-state index contributed by atoms with van der Waals surface area (Å²) in [6, 6.07) is 4.81. The first-order chi connectivity index (χ1) is 11.6. The zero-order valence-electron chi connectivity index (χ0n) is 13.8. The first kappa shape index (κ1) is 16.5. The predicted octanol–water partition coefficient (Wildman–Crippen LogP) is 2.70. The van der Waals surface area contributed by atoms with Crippen LogP contribution in [0.25, 0.3) is 11.0 Å². The van der Waals surface area contributed by atoms with Gasteiger partial charge in [-0.25, -0.2) is 4.79 Å². The van der Waals surface area contributed by atoms with E-state index in [9.17, 15) is 9.59 Å². The molecule has 0 bridgehead atoms.